The van der Waals surface area contributed by atoms with Crippen molar-refractivity contribution in [1.82, 2.24) is 9.97 Å². The van der Waals surface area contributed by atoms with Crippen LogP contribution in [-0.2, 0) is 9.53 Å². The fraction of sp³-hybridized carbons (Fsp3) is 0.227. The highest BCUT2D eigenvalue weighted by Gasteiger charge is 2.16. The monoisotopic (exact) mass is 518 g/mol. The third-order valence-electron chi connectivity index (χ3n) is 4.71. The van der Waals surface area contributed by atoms with Crippen LogP contribution < -0.4 is 20.9 Å². The fourth-order valence-electron chi connectivity index (χ4n) is 3.27. The Hall–Kier alpha value is -2.88. The molecule has 0 radical (unpaired) electrons. The Balaban J connectivity index is 0.00000289. The van der Waals surface area contributed by atoms with Crippen LogP contribution in [0.25, 0.3) is 0 Å². The highest BCUT2D eigenvalue weighted by molar-refractivity contribution is 9.10. The van der Waals surface area contributed by atoms with Gasteiger partial charge in [-0.3, -0.25) is 4.79 Å². The Bertz CT molecular complexity index is 1060. The first-order valence-corrected chi connectivity index (χ1v) is 10.7. The van der Waals surface area contributed by atoms with E-state index < -0.39 is 0 Å². The molecule has 0 atom stereocenters. The van der Waals surface area contributed by atoms with Crippen molar-refractivity contribution in [3.05, 3.63) is 59.2 Å². The van der Waals surface area contributed by atoms with Gasteiger partial charge in [0.15, 0.2) is 0 Å². The summed E-state index contributed by atoms with van der Waals surface area (Å²) >= 11 is 3.54. The van der Waals surface area contributed by atoms with E-state index in [1.165, 1.54) is 6.92 Å². The normalized spacial score (nSPS) is 13.1. The topological polar surface area (TPSA) is 91.4 Å². The van der Waals surface area contributed by atoms with Crippen molar-refractivity contribution in [2.45, 2.75) is 6.92 Å². The van der Waals surface area contributed by atoms with Crippen molar-refractivity contribution in [3.63, 3.8) is 0 Å². The number of carbonyl (C=O) groups is 1. The lowest BCUT2D eigenvalue weighted by Crippen LogP contribution is -2.36. The Morgan fingerprint density at radius 2 is 1.72 bits per heavy atom. The van der Waals surface area contributed by atoms with Gasteiger partial charge in [-0.1, -0.05) is 12.1 Å². The number of nitrogens with zero attached hydrogens (tertiary/aromatic N) is 3. The summed E-state index contributed by atoms with van der Waals surface area (Å²) in [6.07, 6.45) is 1.71. The van der Waals surface area contributed by atoms with Gasteiger partial charge in [0.05, 0.1) is 29.1 Å². The molecule has 0 saturated carbocycles. The molecule has 1 saturated heterocycles. The first-order valence-electron chi connectivity index (χ1n) is 9.94. The number of aromatic nitrogens is 2. The van der Waals surface area contributed by atoms with Crippen LogP contribution in [0.1, 0.15) is 6.92 Å². The fourth-order valence-corrected chi connectivity index (χ4v) is 3.56. The third kappa shape index (κ3) is 6.09. The smallest absolute Gasteiger partial charge is 0.229 e. The molecular formula is C22H24BrClN6O2. The van der Waals surface area contributed by atoms with E-state index in [0.29, 0.717) is 11.8 Å². The van der Waals surface area contributed by atoms with E-state index in [1.807, 2.05) is 42.5 Å². The molecule has 10 heteroatoms. The van der Waals surface area contributed by atoms with Crippen molar-refractivity contribution in [2.75, 3.05) is 47.2 Å². The van der Waals surface area contributed by atoms with Gasteiger partial charge in [0, 0.05) is 37.6 Å². The SMILES string of the molecule is CC(=O)Nc1ccc(Nc2ncc(Br)c(Nc3ccccc3N3CCOCC3)n2)cc1.Cl. The van der Waals surface area contributed by atoms with Crippen LogP contribution in [-0.4, -0.2) is 42.2 Å². The van der Waals surface area contributed by atoms with Crippen molar-refractivity contribution in [3.8, 4) is 0 Å². The van der Waals surface area contributed by atoms with E-state index >= 15 is 0 Å². The molecule has 1 aliphatic heterocycles. The van der Waals surface area contributed by atoms with Gasteiger partial charge >= 0.3 is 0 Å². The van der Waals surface area contributed by atoms with E-state index in [-0.39, 0.29) is 18.3 Å². The Morgan fingerprint density at radius 3 is 2.44 bits per heavy atom. The Kier molecular flexibility index (Phi) is 8.26. The lowest BCUT2D eigenvalue weighted by molar-refractivity contribution is -0.114. The molecule has 32 heavy (non-hydrogen) atoms. The minimum absolute atomic E-state index is 0. The highest BCUT2D eigenvalue weighted by atomic mass is 79.9. The molecule has 4 rings (SSSR count). The van der Waals surface area contributed by atoms with E-state index in [2.05, 4.69) is 52.8 Å². The maximum atomic E-state index is 11.2. The van der Waals surface area contributed by atoms with E-state index in [0.717, 1.165) is 53.5 Å². The number of para-hydroxylation sites is 2. The van der Waals surface area contributed by atoms with Gasteiger partial charge in [-0.25, -0.2) is 4.98 Å². The van der Waals surface area contributed by atoms with Crippen molar-refractivity contribution in [1.29, 1.82) is 0 Å². The van der Waals surface area contributed by atoms with Gasteiger partial charge in [0.25, 0.3) is 0 Å². The molecule has 1 aliphatic rings. The number of carbonyl (C=O) groups excluding carboxylic acids is 1. The largest absolute Gasteiger partial charge is 0.378 e. The van der Waals surface area contributed by atoms with Crippen LogP contribution in [0.2, 0.25) is 0 Å². The molecule has 3 aromatic rings. The third-order valence-corrected chi connectivity index (χ3v) is 5.29. The number of nitrogens with one attached hydrogen (secondary N) is 3. The van der Waals surface area contributed by atoms with Crippen molar-refractivity contribution < 1.29 is 9.53 Å². The minimum atomic E-state index is -0.106. The summed E-state index contributed by atoms with van der Waals surface area (Å²) in [5.41, 5.74) is 3.63. The molecule has 2 aromatic carbocycles. The molecule has 1 fully saturated rings. The second kappa shape index (κ2) is 11.1. The van der Waals surface area contributed by atoms with Crippen LogP contribution in [0, 0.1) is 0 Å². The number of rotatable bonds is 6. The molecule has 1 aromatic heterocycles. The second-order valence-corrected chi connectivity index (χ2v) is 7.87. The predicted molar refractivity (Wildman–Crippen MR) is 134 cm³/mol. The van der Waals surface area contributed by atoms with Crippen molar-refractivity contribution >= 4 is 68.8 Å². The van der Waals surface area contributed by atoms with Gasteiger partial charge in [-0.05, 0) is 52.3 Å². The van der Waals surface area contributed by atoms with Gasteiger partial charge in [0.2, 0.25) is 11.9 Å². The van der Waals surface area contributed by atoms with Crippen LogP contribution in [0.4, 0.5) is 34.5 Å². The Morgan fingerprint density at radius 1 is 1.03 bits per heavy atom. The summed E-state index contributed by atoms with van der Waals surface area (Å²) < 4.78 is 6.24. The summed E-state index contributed by atoms with van der Waals surface area (Å²) in [7, 11) is 0. The molecule has 2 heterocycles. The summed E-state index contributed by atoms with van der Waals surface area (Å²) in [4.78, 5) is 22.4. The molecule has 1 amide bonds. The number of hydrogen-bond acceptors (Lipinski definition) is 7. The predicted octanol–water partition coefficient (Wildman–Crippen LogP) is 4.94. The molecule has 0 spiro atoms. The van der Waals surface area contributed by atoms with Crippen molar-refractivity contribution in [2.24, 2.45) is 0 Å². The van der Waals surface area contributed by atoms with Crippen LogP contribution >= 0.6 is 28.3 Å². The lowest BCUT2D eigenvalue weighted by Gasteiger charge is -2.30. The first-order chi connectivity index (χ1) is 15.1. The zero-order chi connectivity index (χ0) is 21.6. The van der Waals surface area contributed by atoms with E-state index in [9.17, 15) is 4.79 Å². The zero-order valence-corrected chi connectivity index (χ0v) is 19.9. The van der Waals surface area contributed by atoms with Crippen LogP contribution in [0.5, 0.6) is 0 Å². The standard InChI is InChI=1S/C22H23BrN6O2.ClH/c1-15(30)25-16-6-8-17(9-7-16)26-22-24-14-18(23)21(28-22)27-19-4-2-3-5-20(19)29-10-12-31-13-11-29;/h2-9,14H,10-13H2,1H3,(H,25,30)(H2,24,26,27,28);1H. The molecule has 0 bridgehead atoms. The molecular weight excluding hydrogens is 496 g/mol. The van der Waals surface area contributed by atoms with Gasteiger partial charge < -0.3 is 25.6 Å². The van der Waals surface area contributed by atoms with E-state index in [4.69, 9.17) is 4.74 Å². The van der Waals surface area contributed by atoms with E-state index in [1.54, 1.807) is 6.20 Å². The maximum Gasteiger partial charge on any atom is 0.229 e. The summed E-state index contributed by atoms with van der Waals surface area (Å²) in [5.74, 6) is 1.01. The molecule has 3 N–H and O–H groups in total. The Labute approximate surface area is 201 Å². The second-order valence-electron chi connectivity index (χ2n) is 7.02. The molecule has 168 valence electrons. The number of morpholine rings is 1. The highest BCUT2D eigenvalue weighted by Crippen LogP contribution is 2.32. The maximum absolute atomic E-state index is 11.2. The number of benzene rings is 2. The molecule has 0 aliphatic carbocycles. The summed E-state index contributed by atoms with van der Waals surface area (Å²) in [6.45, 7) is 4.63. The average Bonchev–Trinajstić information content (AvgIpc) is 2.78. The first kappa shape index (κ1) is 23.8. The summed E-state index contributed by atoms with van der Waals surface area (Å²) in [5, 5.41) is 9.37. The van der Waals surface area contributed by atoms with Gasteiger partial charge in [-0.15, -0.1) is 12.4 Å². The minimum Gasteiger partial charge on any atom is -0.378 e. The number of hydrogen-bond donors (Lipinski definition) is 3. The zero-order valence-electron chi connectivity index (χ0n) is 17.5. The number of anilines is 6. The van der Waals surface area contributed by atoms with Crippen LogP contribution in [0.3, 0.4) is 0 Å². The summed E-state index contributed by atoms with van der Waals surface area (Å²) in [6, 6.07) is 15.5. The quantitative estimate of drug-likeness (QED) is 0.425. The number of halogens is 2. The average molecular weight is 520 g/mol. The number of ether oxygens (including phenoxy) is 1. The lowest BCUT2D eigenvalue weighted by atomic mass is 10.2. The van der Waals surface area contributed by atoms with Crippen LogP contribution in [0.15, 0.2) is 59.2 Å². The molecule has 8 nitrogen and oxygen atoms in total. The van der Waals surface area contributed by atoms with Gasteiger partial charge in [-0.2, -0.15) is 4.98 Å². The number of amides is 1. The van der Waals surface area contributed by atoms with Gasteiger partial charge in [0.1, 0.15) is 5.82 Å². The molecule has 0 unspecified atom stereocenters.